The van der Waals surface area contributed by atoms with Crippen molar-refractivity contribution >= 4 is 5.97 Å². The van der Waals surface area contributed by atoms with Gasteiger partial charge in [0.2, 0.25) is 0 Å². The van der Waals surface area contributed by atoms with Gasteiger partial charge in [-0.05, 0) is 62.5 Å². The molecule has 0 aliphatic heterocycles. The Morgan fingerprint density at radius 2 is 1.92 bits per heavy atom. The molecule has 0 heterocycles. The zero-order chi connectivity index (χ0) is 19.0. The second kappa shape index (κ2) is 9.57. The zero-order valence-electron chi connectivity index (χ0n) is 16.2. The van der Waals surface area contributed by atoms with Crippen molar-refractivity contribution in [1.82, 2.24) is 0 Å². The Hall–Kier alpha value is -1.87. The van der Waals surface area contributed by atoms with E-state index in [9.17, 15) is 9.90 Å². The lowest BCUT2D eigenvalue weighted by molar-refractivity contribution is -0.131. The summed E-state index contributed by atoms with van der Waals surface area (Å²) in [6, 6.07) is 0. The number of hydrogen-bond acceptors (Lipinski definition) is 2. The molecule has 1 atom stereocenters. The third kappa shape index (κ3) is 6.50. The quantitative estimate of drug-likeness (QED) is 0.492. The van der Waals surface area contributed by atoms with Crippen LogP contribution in [-0.2, 0) is 4.79 Å². The van der Waals surface area contributed by atoms with Crippen LogP contribution in [0.4, 0.5) is 0 Å². The predicted molar refractivity (Wildman–Crippen MR) is 104 cm³/mol. The van der Waals surface area contributed by atoms with Gasteiger partial charge in [0.15, 0.2) is 0 Å². The van der Waals surface area contributed by atoms with Crippen molar-refractivity contribution in [3.05, 3.63) is 58.7 Å². The first kappa shape index (κ1) is 21.2. The molecule has 1 rings (SSSR count). The second-order valence-electron chi connectivity index (χ2n) is 7.49. The SMILES string of the molecule is CC1=C(/C=C/C(C)=C\C=C\C(C)=C\C(=O)O)C(C)(C)C(CCO)CC1. The molecule has 0 radical (unpaired) electrons. The van der Waals surface area contributed by atoms with Gasteiger partial charge in [-0.15, -0.1) is 0 Å². The van der Waals surface area contributed by atoms with Crippen LogP contribution in [0.3, 0.4) is 0 Å². The van der Waals surface area contributed by atoms with Crippen LogP contribution in [0.1, 0.15) is 53.9 Å². The number of rotatable bonds is 7. The fourth-order valence-corrected chi connectivity index (χ4v) is 3.54. The highest BCUT2D eigenvalue weighted by atomic mass is 16.4. The summed E-state index contributed by atoms with van der Waals surface area (Å²) in [5.41, 5.74) is 4.69. The molecule has 0 aromatic rings. The lowest BCUT2D eigenvalue weighted by atomic mass is 9.64. The number of carboxylic acid groups (broad SMARTS) is 1. The highest BCUT2D eigenvalue weighted by Crippen LogP contribution is 2.46. The number of aliphatic carboxylic acids is 1. The topological polar surface area (TPSA) is 57.5 Å². The van der Waals surface area contributed by atoms with Crippen molar-refractivity contribution in [1.29, 1.82) is 0 Å². The highest BCUT2D eigenvalue weighted by molar-refractivity contribution is 5.81. The Morgan fingerprint density at radius 1 is 1.24 bits per heavy atom. The minimum absolute atomic E-state index is 0.0680. The molecule has 1 aliphatic carbocycles. The van der Waals surface area contributed by atoms with Crippen molar-refractivity contribution in [2.45, 2.75) is 53.9 Å². The molecule has 1 aliphatic rings. The molecule has 1 unspecified atom stereocenters. The van der Waals surface area contributed by atoms with Crippen molar-refractivity contribution in [2.24, 2.45) is 11.3 Å². The summed E-state index contributed by atoms with van der Waals surface area (Å²) in [5.74, 6) is -0.420. The lowest BCUT2D eigenvalue weighted by Gasteiger charge is -2.41. The van der Waals surface area contributed by atoms with Crippen molar-refractivity contribution in [2.75, 3.05) is 6.61 Å². The summed E-state index contributed by atoms with van der Waals surface area (Å²) < 4.78 is 0. The summed E-state index contributed by atoms with van der Waals surface area (Å²) in [7, 11) is 0. The number of hydrogen-bond donors (Lipinski definition) is 2. The Bertz CT molecular complexity index is 628. The standard InChI is InChI=1S/C22H32O3/c1-16(7-6-8-17(2)15-21(24)25)9-12-20-18(3)10-11-19(13-14-23)22(20,4)5/h6-9,12,15,19,23H,10-11,13-14H2,1-5H3,(H,24,25)/b8-6+,12-9+,16-7-,17-15+. The van der Waals surface area contributed by atoms with E-state index in [-0.39, 0.29) is 12.0 Å². The van der Waals surface area contributed by atoms with Gasteiger partial charge in [0.05, 0.1) is 0 Å². The van der Waals surface area contributed by atoms with Crippen molar-refractivity contribution < 1.29 is 15.0 Å². The summed E-state index contributed by atoms with van der Waals surface area (Å²) in [6.45, 7) is 10.8. The minimum atomic E-state index is -0.929. The number of aliphatic hydroxyl groups excluding tert-OH is 1. The zero-order valence-corrected chi connectivity index (χ0v) is 16.2. The minimum Gasteiger partial charge on any atom is -0.478 e. The van der Waals surface area contributed by atoms with Crippen LogP contribution in [0, 0.1) is 11.3 Å². The van der Waals surface area contributed by atoms with Crippen LogP contribution in [0.15, 0.2) is 58.7 Å². The lowest BCUT2D eigenvalue weighted by Crippen LogP contribution is -2.30. The maximum Gasteiger partial charge on any atom is 0.328 e. The fraction of sp³-hybridized carbons (Fsp3) is 0.500. The average Bonchev–Trinajstić information content (AvgIpc) is 2.49. The monoisotopic (exact) mass is 344 g/mol. The van der Waals surface area contributed by atoms with Gasteiger partial charge in [-0.1, -0.05) is 55.4 Å². The van der Waals surface area contributed by atoms with Gasteiger partial charge in [0, 0.05) is 12.7 Å². The van der Waals surface area contributed by atoms with Crippen LogP contribution in [0.25, 0.3) is 0 Å². The first-order valence-electron chi connectivity index (χ1n) is 8.93. The number of carboxylic acids is 1. The molecule has 138 valence electrons. The highest BCUT2D eigenvalue weighted by Gasteiger charge is 2.35. The number of allylic oxidation sites excluding steroid dienone is 9. The normalized spacial score (nSPS) is 22.2. The Labute approximate surface area is 152 Å². The van der Waals surface area contributed by atoms with Gasteiger partial charge in [0.25, 0.3) is 0 Å². The van der Waals surface area contributed by atoms with Gasteiger partial charge in [0.1, 0.15) is 0 Å². The summed E-state index contributed by atoms with van der Waals surface area (Å²) in [4.78, 5) is 10.6. The molecule has 0 spiro atoms. The largest absolute Gasteiger partial charge is 0.478 e. The van der Waals surface area contributed by atoms with Crippen molar-refractivity contribution in [3.8, 4) is 0 Å². The Morgan fingerprint density at radius 3 is 2.52 bits per heavy atom. The molecule has 25 heavy (non-hydrogen) atoms. The van der Waals surface area contributed by atoms with E-state index in [1.165, 1.54) is 17.2 Å². The molecule has 2 N–H and O–H groups in total. The maximum absolute atomic E-state index is 10.6. The van der Waals surface area contributed by atoms with Gasteiger partial charge in [-0.25, -0.2) is 4.79 Å². The number of aliphatic hydroxyl groups is 1. The molecular weight excluding hydrogens is 312 g/mol. The van der Waals surface area contributed by atoms with E-state index in [1.54, 1.807) is 13.0 Å². The van der Waals surface area contributed by atoms with Crippen LogP contribution >= 0.6 is 0 Å². The third-order valence-electron chi connectivity index (χ3n) is 5.10. The molecule has 3 heteroatoms. The first-order valence-corrected chi connectivity index (χ1v) is 8.93. The number of carbonyl (C=O) groups is 1. The van der Waals surface area contributed by atoms with Gasteiger partial charge in [-0.3, -0.25) is 0 Å². The molecule has 0 amide bonds. The van der Waals surface area contributed by atoms with Crippen LogP contribution in [0.5, 0.6) is 0 Å². The van der Waals surface area contributed by atoms with Crippen LogP contribution < -0.4 is 0 Å². The van der Waals surface area contributed by atoms with Gasteiger partial charge in [-0.2, -0.15) is 0 Å². The molecule has 3 nitrogen and oxygen atoms in total. The van der Waals surface area contributed by atoms with Gasteiger partial charge >= 0.3 is 5.97 Å². The van der Waals surface area contributed by atoms with Crippen LogP contribution in [-0.4, -0.2) is 22.8 Å². The second-order valence-corrected chi connectivity index (χ2v) is 7.49. The Balaban J connectivity index is 2.89. The van der Waals surface area contributed by atoms with E-state index in [0.717, 1.165) is 24.8 Å². The summed E-state index contributed by atoms with van der Waals surface area (Å²) in [6.07, 6.45) is 14.2. The van der Waals surface area contributed by atoms with E-state index in [2.05, 4.69) is 32.9 Å². The molecule has 0 fully saturated rings. The first-order chi connectivity index (χ1) is 11.7. The van der Waals surface area contributed by atoms with E-state index in [1.807, 2.05) is 19.1 Å². The van der Waals surface area contributed by atoms with E-state index >= 15 is 0 Å². The van der Waals surface area contributed by atoms with E-state index in [0.29, 0.717) is 11.5 Å². The molecule has 0 saturated heterocycles. The fourth-order valence-electron chi connectivity index (χ4n) is 3.54. The average molecular weight is 344 g/mol. The van der Waals surface area contributed by atoms with E-state index < -0.39 is 5.97 Å². The smallest absolute Gasteiger partial charge is 0.328 e. The predicted octanol–water partition coefficient (Wildman–Crippen LogP) is 5.21. The molecular formula is C22H32O3. The molecule has 0 saturated carbocycles. The molecule has 0 bridgehead atoms. The van der Waals surface area contributed by atoms with E-state index in [4.69, 9.17) is 5.11 Å². The van der Waals surface area contributed by atoms with Crippen molar-refractivity contribution in [3.63, 3.8) is 0 Å². The maximum atomic E-state index is 10.6. The summed E-state index contributed by atoms with van der Waals surface area (Å²) in [5, 5.41) is 18.0. The van der Waals surface area contributed by atoms with Gasteiger partial charge < -0.3 is 10.2 Å². The molecule has 0 aromatic heterocycles. The van der Waals surface area contributed by atoms with Crippen LogP contribution in [0.2, 0.25) is 0 Å². The summed E-state index contributed by atoms with van der Waals surface area (Å²) >= 11 is 0. The Kier molecular flexibility index (Phi) is 8.11. The third-order valence-corrected chi connectivity index (χ3v) is 5.10. The molecule has 0 aromatic carbocycles.